The first-order chi connectivity index (χ1) is 7.69. The lowest BCUT2D eigenvalue weighted by molar-refractivity contribution is 0.0587. The minimum Gasteiger partial charge on any atom is -0.463 e. The first kappa shape index (κ1) is 11.9. The van der Waals surface area contributed by atoms with E-state index < -0.39 is 5.97 Å². The summed E-state index contributed by atoms with van der Waals surface area (Å²) in [6.07, 6.45) is 1.88. The predicted octanol–water partition coefficient (Wildman–Crippen LogP) is 0.613. The smallest absolute Gasteiger partial charge is 0.376 e. The highest BCUT2D eigenvalue weighted by molar-refractivity contribution is 5.85. The highest BCUT2D eigenvalue weighted by atomic mass is 16.5. The van der Waals surface area contributed by atoms with E-state index in [9.17, 15) is 4.79 Å². The second-order valence-electron chi connectivity index (χ2n) is 3.06. The number of carbonyl (C=O) groups is 1. The van der Waals surface area contributed by atoms with Crippen LogP contribution in [-0.4, -0.2) is 36.6 Å². The number of aromatic nitrogens is 2. The van der Waals surface area contributed by atoms with Crippen LogP contribution in [0, 0.1) is 11.3 Å². The van der Waals surface area contributed by atoms with Crippen molar-refractivity contribution in [1.29, 1.82) is 5.26 Å². The summed E-state index contributed by atoms with van der Waals surface area (Å²) in [7, 11) is 3.07. The number of carbonyl (C=O) groups excluding carboxylic acids is 1. The molecule has 1 aromatic heterocycles. The Morgan fingerprint density at radius 1 is 1.69 bits per heavy atom. The quantitative estimate of drug-likeness (QED) is 0.692. The maximum absolute atomic E-state index is 11.2. The third-order valence-electron chi connectivity index (χ3n) is 1.96. The molecule has 0 saturated heterocycles. The summed E-state index contributed by atoms with van der Waals surface area (Å²) >= 11 is 0. The molecule has 0 N–H and O–H groups in total. The molecular weight excluding hydrogens is 208 g/mol. The summed E-state index contributed by atoms with van der Waals surface area (Å²) in [4.78, 5) is 20.8. The Morgan fingerprint density at radius 3 is 3.06 bits per heavy atom. The third kappa shape index (κ3) is 2.92. The summed E-state index contributed by atoms with van der Waals surface area (Å²) in [5, 5.41) is 8.46. The molecule has 16 heavy (non-hydrogen) atoms. The van der Waals surface area contributed by atoms with Crippen LogP contribution in [0.3, 0.4) is 0 Å². The van der Waals surface area contributed by atoms with Crippen molar-refractivity contribution in [3.8, 4) is 6.07 Å². The molecule has 0 bridgehead atoms. The van der Waals surface area contributed by atoms with E-state index in [0.717, 1.165) is 0 Å². The van der Waals surface area contributed by atoms with Crippen LogP contribution in [0.25, 0.3) is 0 Å². The van der Waals surface area contributed by atoms with Gasteiger partial charge in [-0.25, -0.2) is 14.8 Å². The molecule has 1 heterocycles. The van der Waals surface area contributed by atoms with E-state index >= 15 is 0 Å². The van der Waals surface area contributed by atoms with E-state index in [-0.39, 0.29) is 5.82 Å². The Hall–Kier alpha value is -2.16. The molecule has 0 atom stereocenters. The number of ether oxygens (including phenoxy) is 1. The molecule has 0 aromatic carbocycles. The molecule has 0 aliphatic carbocycles. The van der Waals surface area contributed by atoms with Gasteiger partial charge in [0.25, 0.3) is 0 Å². The maximum atomic E-state index is 11.2. The van der Waals surface area contributed by atoms with Crippen LogP contribution < -0.4 is 4.90 Å². The van der Waals surface area contributed by atoms with E-state index in [4.69, 9.17) is 5.26 Å². The second kappa shape index (κ2) is 5.66. The van der Waals surface area contributed by atoms with E-state index in [1.807, 2.05) is 6.07 Å². The molecule has 0 amide bonds. The van der Waals surface area contributed by atoms with Gasteiger partial charge in [-0.1, -0.05) is 0 Å². The van der Waals surface area contributed by atoms with Crippen molar-refractivity contribution in [3.05, 3.63) is 18.1 Å². The molecule has 6 heteroatoms. The van der Waals surface area contributed by atoms with E-state index in [0.29, 0.717) is 18.8 Å². The van der Waals surface area contributed by atoms with Crippen LogP contribution >= 0.6 is 0 Å². The molecular formula is C10H12N4O2. The van der Waals surface area contributed by atoms with E-state index in [1.165, 1.54) is 13.3 Å². The summed E-state index contributed by atoms with van der Waals surface area (Å²) < 4.78 is 4.52. The largest absolute Gasteiger partial charge is 0.463 e. The van der Waals surface area contributed by atoms with Gasteiger partial charge in [0.1, 0.15) is 5.82 Å². The molecule has 0 radical (unpaired) electrons. The van der Waals surface area contributed by atoms with Crippen LogP contribution in [0.4, 0.5) is 5.82 Å². The summed E-state index contributed by atoms with van der Waals surface area (Å²) in [5.41, 5.74) is 0. The number of nitriles is 1. The Morgan fingerprint density at radius 2 is 2.44 bits per heavy atom. The van der Waals surface area contributed by atoms with E-state index in [1.54, 1.807) is 18.0 Å². The van der Waals surface area contributed by atoms with Gasteiger partial charge < -0.3 is 9.64 Å². The lowest BCUT2D eigenvalue weighted by atomic mass is 10.4. The van der Waals surface area contributed by atoms with Crippen molar-refractivity contribution >= 4 is 11.8 Å². The Bertz CT molecular complexity index is 414. The van der Waals surface area contributed by atoms with Crippen LogP contribution in [0.2, 0.25) is 0 Å². The second-order valence-corrected chi connectivity index (χ2v) is 3.06. The molecule has 0 aliphatic heterocycles. The van der Waals surface area contributed by atoms with Crippen molar-refractivity contribution in [3.63, 3.8) is 0 Å². The lowest BCUT2D eigenvalue weighted by Crippen LogP contribution is -2.21. The fourth-order valence-electron chi connectivity index (χ4n) is 1.08. The molecule has 1 aromatic rings. The summed E-state index contributed by atoms with van der Waals surface area (Å²) in [6, 6.07) is 3.71. The van der Waals surface area contributed by atoms with Gasteiger partial charge in [0.15, 0.2) is 0 Å². The zero-order chi connectivity index (χ0) is 12.0. The van der Waals surface area contributed by atoms with Crippen molar-refractivity contribution in [2.45, 2.75) is 6.42 Å². The highest BCUT2D eigenvalue weighted by Crippen LogP contribution is 2.08. The third-order valence-corrected chi connectivity index (χ3v) is 1.96. The number of rotatable bonds is 4. The minimum absolute atomic E-state index is 0.0174. The minimum atomic E-state index is -0.574. The standard InChI is InChI=1S/C10H12N4O2/c1-14(7-3-5-11)8-4-6-12-9(13-8)10(15)16-2/h4,6H,3,7H2,1-2H3. The molecule has 6 nitrogen and oxygen atoms in total. The number of anilines is 1. The summed E-state index contributed by atoms with van der Waals surface area (Å²) in [6.45, 7) is 0.550. The monoisotopic (exact) mass is 220 g/mol. The van der Waals surface area contributed by atoms with Crippen LogP contribution in [0.5, 0.6) is 0 Å². The van der Waals surface area contributed by atoms with Gasteiger partial charge in [0.05, 0.1) is 19.6 Å². The van der Waals surface area contributed by atoms with Gasteiger partial charge in [-0.05, 0) is 6.07 Å². The Kier molecular flexibility index (Phi) is 4.21. The normalized spacial score (nSPS) is 9.31. The summed E-state index contributed by atoms with van der Waals surface area (Å²) in [5.74, 6) is 0.0324. The maximum Gasteiger partial charge on any atom is 0.376 e. The average molecular weight is 220 g/mol. The lowest BCUT2D eigenvalue weighted by Gasteiger charge is -2.16. The molecule has 84 valence electrons. The van der Waals surface area contributed by atoms with Gasteiger partial charge in [0.2, 0.25) is 5.82 Å². The Labute approximate surface area is 93.5 Å². The molecule has 0 spiro atoms. The number of hydrogen-bond donors (Lipinski definition) is 0. The highest BCUT2D eigenvalue weighted by Gasteiger charge is 2.11. The zero-order valence-corrected chi connectivity index (χ0v) is 9.17. The first-order valence-electron chi connectivity index (χ1n) is 4.68. The molecule has 0 aliphatic rings. The topological polar surface area (TPSA) is 79.1 Å². The number of nitrogens with zero attached hydrogens (tertiary/aromatic N) is 4. The fourth-order valence-corrected chi connectivity index (χ4v) is 1.08. The van der Waals surface area contributed by atoms with Crippen molar-refractivity contribution < 1.29 is 9.53 Å². The van der Waals surface area contributed by atoms with Gasteiger partial charge in [0, 0.05) is 19.8 Å². The van der Waals surface area contributed by atoms with Crippen molar-refractivity contribution in [2.75, 3.05) is 25.6 Å². The van der Waals surface area contributed by atoms with Gasteiger partial charge in [-0.2, -0.15) is 5.26 Å². The number of hydrogen-bond acceptors (Lipinski definition) is 6. The van der Waals surface area contributed by atoms with Crippen molar-refractivity contribution in [1.82, 2.24) is 9.97 Å². The zero-order valence-electron chi connectivity index (χ0n) is 9.17. The number of esters is 1. The van der Waals surface area contributed by atoms with Crippen molar-refractivity contribution in [2.24, 2.45) is 0 Å². The molecule has 0 unspecified atom stereocenters. The van der Waals surface area contributed by atoms with E-state index in [2.05, 4.69) is 14.7 Å². The fraction of sp³-hybridized carbons (Fsp3) is 0.400. The molecule has 1 rings (SSSR count). The van der Waals surface area contributed by atoms with Gasteiger partial charge in [-0.15, -0.1) is 0 Å². The SMILES string of the molecule is COC(=O)c1nccc(N(C)CCC#N)n1. The first-order valence-corrected chi connectivity index (χ1v) is 4.68. The predicted molar refractivity (Wildman–Crippen MR) is 56.9 cm³/mol. The van der Waals surface area contributed by atoms with Crippen LogP contribution in [0.15, 0.2) is 12.3 Å². The average Bonchev–Trinajstić information content (AvgIpc) is 2.35. The Balaban J connectivity index is 2.82. The van der Waals surface area contributed by atoms with Gasteiger partial charge >= 0.3 is 5.97 Å². The molecule has 0 fully saturated rings. The van der Waals surface area contributed by atoms with Crippen LogP contribution in [0.1, 0.15) is 17.0 Å². The van der Waals surface area contributed by atoms with Crippen LogP contribution in [-0.2, 0) is 4.74 Å². The number of methoxy groups -OCH3 is 1. The van der Waals surface area contributed by atoms with Gasteiger partial charge in [-0.3, -0.25) is 0 Å². The molecule has 0 saturated carbocycles.